The highest BCUT2D eigenvalue weighted by molar-refractivity contribution is 5.80. The number of amides is 1. The molecule has 0 spiro atoms. The Kier molecular flexibility index (Phi) is 3.27. The first-order valence-corrected chi connectivity index (χ1v) is 6.48. The predicted octanol–water partition coefficient (Wildman–Crippen LogP) is 1.81. The molecule has 1 amide bonds. The highest BCUT2D eigenvalue weighted by Crippen LogP contribution is 2.28. The number of carbonyl (C=O) groups is 1. The molecule has 1 aromatic carbocycles. The van der Waals surface area contributed by atoms with Gasteiger partial charge in [0.15, 0.2) is 0 Å². The molecule has 5 nitrogen and oxygen atoms in total. The second-order valence-electron chi connectivity index (χ2n) is 4.68. The molecule has 0 atom stereocenters. The number of aromatic nitrogens is 2. The van der Waals surface area contributed by atoms with E-state index in [0.717, 1.165) is 18.4 Å². The van der Waals surface area contributed by atoms with Gasteiger partial charge in [0.2, 0.25) is 17.7 Å². The average Bonchev–Trinajstić information content (AvgIpc) is 3.20. The van der Waals surface area contributed by atoms with Crippen molar-refractivity contribution < 1.29 is 9.21 Å². The largest absolute Gasteiger partial charge is 0.421 e. The van der Waals surface area contributed by atoms with Gasteiger partial charge < -0.3 is 9.73 Å². The Hall–Kier alpha value is -2.17. The third-order valence-corrected chi connectivity index (χ3v) is 3.07. The molecule has 1 N–H and O–H groups in total. The molecule has 19 heavy (non-hydrogen) atoms. The van der Waals surface area contributed by atoms with E-state index in [2.05, 4.69) is 15.5 Å². The van der Waals surface area contributed by atoms with Crippen molar-refractivity contribution in [2.24, 2.45) is 5.92 Å². The van der Waals surface area contributed by atoms with Crippen LogP contribution in [-0.2, 0) is 11.2 Å². The Morgan fingerprint density at radius 3 is 2.79 bits per heavy atom. The molecule has 1 aliphatic rings. The molecule has 3 rings (SSSR count). The molecule has 98 valence electrons. The van der Waals surface area contributed by atoms with Crippen LogP contribution < -0.4 is 5.32 Å². The van der Waals surface area contributed by atoms with Gasteiger partial charge in [0.1, 0.15) is 0 Å². The summed E-state index contributed by atoms with van der Waals surface area (Å²) in [5, 5.41) is 10.9. The summed E-state index contributed by atoms with van der Waals surface area (Å²) in [5.74, 6) is 1.45. The van der Waals surface area contributed by atoms with E-state index < -0.39 is 0 Å². The minimum atomic E-state index is 0.141. The van der Waals surface area contributed by atoms with Crippen molar-refractivity contribution in [2.45, 2.75) is 19.3 Å². The van der Waals surface area contributed by atoms with Gasteiger partial charge in [0.25, 0.3) is 0 Å². The molecule has 0 aliphatic heterocycles. The number of rotatable bonds is 5. The van der Waals surface area contributed by atoms with Crippen LogP contribution in [0.4, 0.5) is 0 Å². The van der Waals surface area contributed by atoms with Gasteiger partial charge >= 0.3 is 0 Å². The number of hydrogen-bond acceptors (Lipinski definition) is 4. The molecule has 0 unspecified atom stereocenters. The van der Waals surface area contributed by atoms with Crippen LogP contribution in [0.25, 0.3) is 11.5 Å². The maximum absolute atomic E-state index is 11.4. The number of carbonyl (C=O) groups excluding carboxylic acids is 1. The molecule has 1 aliphatic carbocycles. The highest BCUT2D eigenvalue weighted by Gasteiger charge is 2.29. The normalized spacial score (nSPS) is 14.3. The smallest absolute Gasteiger partial charge is 0.247 e. The van der Waals surface area contributed by atoms with Crippen LogP contribution in [0, 0.1) is 5.92 Å². The van der Waals surface area contributed by atoms with Gasteiger partial charge in [-0.05, 0) is 25.0 Å². The summed E-state index contributed by atoms with van der Waals surface area (Å²) in [5.41, 5.74) is 0.906. The quantitative estimate of drug-likeness (QED) is 0.887. The average molecular weight is 257 g/mol. The first kappa shape index (κ1) is 11.9. The number of nitrogens with zero attached hydrogens (tertiary/aromatic N) is 2. The molecule has 5 heteroatoms. The van der Waals surface area contributed by atoms with Crippen molar-refractivity contribution in [3.8, 4) is 11.5 Å². The summed E-state index contributed by atoms with van der Waals surface area (Å²) < 4.78 is 5.55. The standard InChI is InChI=1S/C14H15N3O2/c18-13(10-6-7-10)15-9-8-12-16-17-14(19-12)11-4-2-1-3-5-11/h1-5,10H,6-9H2,(H,15,18). The number of benzene rings is 1. The van der Waals surface area contributed by atoms with Crippen LogP contribution in [0.3, 0.4) is 0 Å². The van der Waals surface area contributed by atoms with Gasteiger partial charge in [0.05, 0.1) is 0 Å². The SMILES string of the molecule is O=C(NCCc1nnc(-c2ccccc2)o1)C1CC1. The molecular formula is C14H15N3O2. The van der Waals surface area contributed by atoms with E-state index in [-0.39, 0.29) is 11.8 Å². The topological polar surface area (TPSA) is 68.0 Å². The highest BCUT2D eigenvalue weighted by atomic mass is 16.4. The molecular weight excluding hydrogens is 242 g/mol. The zero-order valence-corrected chi connectivity index (χ0v) is 10.5. The number of nitrogens with one attached hydrogen (secondary N) is 1. The summed E-state index contributed by atoms with van der Waals surface area (Å²) in [6.07, 6.45) is 2.60. The molecule has 0 bridgehead atoms. The second-order valence-corrected chi connectivity index (χ2v) is 4.68. The lowest BCUT2D eigenvalue weighted by Gasteiger charge is -2.00. The second kappa shape index (κ2) is 5.22. The maximum atomic E-state index is 11.4. The lowest BCUT2D eigenvalue weighted by Crippen LogP contribution is -2.26. The summed E-state index contributed by atoms with van der Waals surface area (Å²) in [6, 6.07) is 9.64. The van der Waals surface area contributed by atoms with E-state index in [9.17, 15) is 4.79 Å². The summed E-state index contributed by atoms with van der Waals surface area (Å²) in [7, 11) is 0. The molecule has 1 aromatic heterocycles. The molecule has 2 aromatic rings. The molecule has 1 saturated carbocycles. The Morgan fingerprint density at radius 1 is 1.26 bits per heavy atom. The van der Waals surface area contributed by atoms with E-state index >= 15 is 0 Å². The minimum absolute atomic E-state index is 0.141. The Morgan fingerprint density at radius 2 is 2.05 bits per heavy atom. The first-order chi connectivity index (χ1) is 9.33. The monoisotopic (exact) mass is 257 g/mol. The fourth-order valence-corrected chi connectivity index (χ4v) is 1.83. The van der Waals surface area contributed by atoms with Crippen molar-refractivity contribution in [2.75, 3.05) is 6.54 Å². The van der Waals surface area contributed by atoms with Gasteiger partial charge in [-0.15, -0.1) is 10.2 Å². The van der Waals surface area contributed by atoms with E-state index in [0.29, 0.717) is 24.7 Å². The fourth-order valence-electron chi connectivity index (χ4n) is 1.83. The van der Waals surface area contributed by atoms with Crippen LogP contribution in [0.5, 0.6) is 0 Å². The molecule has 0 radical (unpaired) electrons. The van der Waals surface area contributed by atoms with Crippen molar-refractivity contribution in [3.63, 3.8) is 0 Å². The third kappa shape index (κ3) is 2.99. The zero-order valence-electron chi connectivity index (χ0n) is 10.5. The lowest BCUT2D eigenvalue weighted by atomic mass is 10.2. The van der Waals surface area contributed by atoms with Gasteiger partial charge in [-0.1, -0.05) is 18.2 Å². The van der Waals surface area contributed by atoms with E-state index in [4.69, 9.17) is 4.42 Å². The van der Waals surface area contributed by atoms with Gasteiger partial charge in [-0.2, -0.15) is 0 Å². The van der Waals surface area contributed by atoms with E-state index in [1.54, 1.807) is 0 Å². The van der Waals surface area contributed by atoms with E-state index in [1.807, 2.05) is 30.3 Å². The van der Waals surface area contributed by atoms with Crippen molar-refractivity contribution in [1.82, 2.24) is 15.5 Å². The molecule has 1 heterocycles. The Bertz CT molecular complexity index is 561. The van der Waals surface area contributed by atoms with Gasteiger partial charge in [-0.25, -0.2) is 0 Å². The summed E-state index contributed by atoms with van der Waals surface area (Å²) in [4.78, 5) is 11.4. The van der Waals surface area contributed by atoms with Crippen LogP contribution in [0.2, 0.25) is 0 Å². The lowest BCUT2D eigenvalue weighted by molar-refractivity contribution is -0.122. The molecule has 0 saturated heterocycles. The minimum Gasteiger partial charge on any atom is -0.421 e. The Balaban J connectivity index is 1.54. The fraction of sp³-hybridized carbons (Fsp3) is 0.357. The number of hydrogen-bond donors (Lipinski definition) is 1. The van der Waals surface area contributed by atoms with E-state index in [1.165, 1.54) is 0 Å². The van der Waals surface area contributed by atoms with Crippen molar-refractivity contribution >= 4 is 5.91 Å². The third-order valence-electron chi connectivity index (χ3n) is 3.07. The maximum Gasteiger partial charge on any atom is 0.247 e. The van der Waals surface area contributed by atoms with Gasteiger partial charge in [-0.3, -0.25) is 4.79 Å². The van der Waals surface area contributed by atoms with Crippen molar-refractivity contribution in [1.29, 1.82) is 0 Å². The Labute approximate surface area is 111 Å². The predicted molar refractivity (Wildman–Crippen MR) is 69.2 cm³/mol. The molecule has 1 fully saturated rings. The summed E-state index contributed by atoms with van der Waals surface area (Å²) in [6.45, 7) is 0.547. The van der Waals surface area contributed by atoms with Crippen LogP contribution >= 0.6 is 0 Å². The zero-order chi connectivity index (χ0) is 13.1. The first-order valence-electron chi connectivity index (χ1n) is 6.48. The van der Waals surface area contributed by atoms with Crippen molar-refractivity contribution in [3.05, 3.63) is 36.2 Å². The summed E-state index contributed by atoms with van der Waals surface area (Å²) >= 11 is 0. The van der Waals surface area contributed by atoms with Gasteiger partial charge in [0, 0.05) is 24.4 Å². The van der Waals surface area contributed by atoms with Crippen LogP contribution in [0.1, 0.15) is 18.7 Å². The van der Waals surface area contributed by atoms with Crippen LogP contribution in [0.15, 0.2) is 34.7 Å². The van der Waals surface area contributed by atoms with Crippen LogP contribution in [-0.4, -0.2) is 22.6 Å².